The number of H-pyrrole nitrogens is 1. The Kier molecular flexibility index (Phi) is 5.86. The molecule has 0 unspecified atom stereocenters. The lowest BCUT2D eigenvalue weighted by molar-refractivity contribution is -0.127. The van der Waals surface area contributed by atoms with Crippen molar-refractivity contribution in [1.82, 2.24) is 29.3 Å². The highest BCUT2D eigenvalue weighted by Gasteiger charge is 2.27. The fraction of sp³-hybridized carbons (Fsp3) is 0.300. The van der Waals surface area contributed by atoms with Crippen molar-refractivity contribution >= 4 is 33.8 Å². The van der Waals surface area contributed by atoms with E-state index in [9.17, 15) is 18.0 Å². The predicted molar refractivity (Wildman–Crippen MR) is 118 cm³/mol. The van der Waals surface area contributed by atoms with Crippen LogP contribution in [-0.4, -0.2) is 35.5 Å². The van der Waals surface area contributed by atoms with E-state index in [1.807, 2.05) is 29.5 Å². The smallest absolute Gasteiger partial charge is 0.332 e. The van der Waals surface area contributed by atoms with Crippen molar-refractivity contribution in [3.05, 3.63) is 62.0 Å². The number of hydrogen-bond donors (Lipinski definition) is 1. The first-order chi connectivity index (χ1) is 14.7. The van der Waals surface area contributed by atoms with E-state index in [0.29, 0.717) is 45.0 Å². The second-order valence-corrected chi connectivity index (χ2v) is 8.12. The molecule has 0 saturated heterocycles. The maximum atomic E-state index is 12.7. The monoisotopic (exact) mass is 542 g/mol. The van der Waals surface area contributed by atoms with Crippen LogP contribution in [0.4, 0.5) is 13.2 Å². The molecule has 0 aliphatic heterocycles. The number of halogens is 4. The van der Waals surface area contributed by atoms with Gasteiger partial charge in [0.15, 0.2) is 15.0 Å². The Balaban J connectivity index is 1.59. The summed E-state index contributed by atoms with van der Waals surface area (Å²) in [5, 5.41) is 4.28. The van der Waals surface area contributed by atoms with Crippen LogP contribution in [-0.2, 0) is 19.5 Å². The van der Waals surface area contributed by atoms with Gasteiger partial charge in [0.25, 0.3) is 5.56 Å². The van der Waals surface area contributed by atoms with Crippen LogP contribution >= 0.6 is 22.6 Å². The number of nitrogens with zero attached hydrogens (tertiary/aromatic N) is 5. The third-order valence-electron chi connectivity index (χ3n) is 4.66. The van der Waals surface area contributed by atoms with Crippen molar-refractivity contribution in [1.29, 1.82) is 0 Å². The summed E-state index contributed by atoms with van der Waals surface area (Å²) in [5.74, 6) is 0.460. The Morgan fingerprint density at radius 2 is 1.97 bits per heavy atom. The van der Waals surface area contributed by atoms with Crippen LogP contribution in [0.3, 0.4) is 0 Å². The zero-order chi connectivity index (χ0) is 22.2. The fourth-order valence-corrected chi connectivity index (χ4v) is 4.03. The molecule has 0 fully saturated rings. The molecule has 0 aliphatic rings. The van der Waals surface area contributed by atoms with Gasteiger partial charge in [0.05, 0.1) is 24.7 Å². The summed E-state index contributed by atoms with van der Waals surface area (Å²) < 4.78 is 41.7. The third-order valence-corrected chi connectivity index (χ3v) is 5.48. The molecule has 0 spiro atoms. The van der Waals surface area contributed by atoms with Crippen LogP contribution < -0.4 is 5.56 Å². The molecule has 1 aromatic carbocycles. The van der Waals surface area contributed by atoms with Crippen LogP contribution in [0.2, 0.25) is 0 Å². The van der Waals surface area contributed by atoms with E-state index >= 15 is 0 Å². The van der Waals surface area contributed by atoms with Gasteiger partial charge in [-0.2, -0.15) is 18.3 Å². The van der Waals surface area contributed by atoms with E-state index in [1.54, 1.807) is 33.8 Å². The number of aromatic amines is 1. The number of imidazole rings is 1. The lowest BCUT2D eigenvalue weighted by Gasteiger charge is -2.08. The van der Waals surface area contributed by atoms with Crippen LogP contribution in [0.1, 0.15) is 24.5 Å². The van der Waals surface area contributed by atoms with E-state index in [-0.39, 0.29) is 11.1 Å². The largest absolute Gasteiger partial charge is 0.393 e. The molecule has 11 heteroatoms. The molecule has 7 nitrogen and oxygen atoms in total. The minimum Gasteiger partial charge on any atom is -0.332 e. The molecule has 3 aromatic heterocycles. The summed E-state index contributed by atoms with van der Waals surface area (Å²) in [6, 6.07) is 6.34. The molecule has 4 aromatic rings. The van der Waals surface area contributed by atoms with Gasteiger partial charge in [-0.1, -0.05) is 31.2 Å². The molecule has 31 heavy (non-hydrogen) atoms. The van der Waals surface area contributed by atoms with Gasteiger partial charge in [-0.05, 0) is 17.5 Å². The summed E-state index contributed by atoms with van der Waals surface area (Å²) in [7, 11) is 0. The quantitative estimate of drug-likeness (QED) is 0.293. The number of aromatic nitrogens is 6. The van der Waals surface area contributed by atoms with Gasteiger partial charge < -0.3 is 4.98 Å². The Morgan fingerprint density at radius 3 is 2.71 bits per heavy atom. The van der Waals surface area contributed by atoms with Gasteiger partial charge in [0, 0.05) is 35.3 Å². The average Bonchev–Trinajstić information content (AvgIpc) is 3.31. The number of hydrogen-bond acceptors (Lipinski definition) is 4. The lowest BCUT2D eigenvalue weighted by Crippen LogP contribution is -2.24. The van der Waals surface area contributed by atoms with Crippen molar-refractivity contribution < 1.29 is 13.2 Å². The first-order valence-corrected chi connectivity index (χ1v) is 10.6. The van der Waals surface area contributed by atoms with Crippen molar-refractivity contribution in [2.24, 2.45) is 0 Å². The van der Waals surface area contributed by atoms with Crippen LogP contribution in [0.25, 0.3) is 22.6 Å². The van der Waals surface area contributed by atoms with Crippen molar-refractivity contribution in [2.45, 2.75) is 39.0 Å². The summed E-state index contributed by atoms with van der Waals surface area (Å²) >= 11 is 2.02. The molecular formula is C20H18F3IN6O. The number of nitrogens with one attached hydrogen (secondary N) is 1. The van der Waals surface area contributed by atoms with E-state index in [2.05, 4.69) is 20.1 Å². The molecule has 162 valence electrons. The highest BCUT2D eigenvalue weighted by atomic mass is 127. The molecule has 3 heterocycles. The lowest BCUT2D eigenvalue weighted by atomic mass is 10.1. The number of rotatable bonds is 6. The number of alkyl halides is 3. The molecule has 0 atom stereocenters. The third kappa shape index (κ3) is 4.81. The first kappa shape index (κ1) is 21.5. The van der Waals surface area contributed by atoms with Gasteiger partial charge in [0.2, 0.25) is 0 Å². The zero-order valence-corrected chi connectivity index (χ0v) is 18.6. The molecule has 0 aliphatic carbocycles. The summed E-state index contributed by atoms with van der Waals surface area (Å²) in [4.78, 5) is 24.6. The molecule has 0 amide bonds. The van der Waals surface area contributed by atoms with E-state index in [4.69, 9.17) is 0 Å². The molecular weight excluding hydrogens is 524 g/mol. The second-order valence-electron chi connectivity index (χ2n) is 7.16. The molecule has 0 radical (unpaired) electrons. The first-order valence-electron chi connectivity index (χ1n) is 9.57. The van der Waals surface area contributed by atoms with Gasteiger partial charge in [-0.15, -0.1) is 0 Å². The van der Waals surface area contributed by atoms with E-state index in [0.717, 1.165) is 6.42 Å². The van der Waals surface area contributed by atoms with E-state index < -0.39 is 12.6 Å². The zero-order valence-electron chi connectivity index (χ0n) is 16.4. The van der Waals surface area contributed by atoms with Gasteiger partial charge >= 0.3 is 6.18 Å². The van der Waals surface area contributed by atoms with Crippen molar-refractivity contribution in [3.8, 4) is 11.4 Å². The van der Waals surface area contributed by atoms with Crippen LogP contribution in [0, 0.1) is 3.83 Å². The van der Waals surface area contributed by atoms with E-state index in [1.165, 1.54) is 12.1 Å². The molecule has 0 saturated carbocycles. The van der Waals surface area contributed by atoms with Gasteiger partial charge in [0.1, 0.15) is 5.82 Å². The fourth-order valence-electron chi connectivity index (χ4n) is 3.34. The summed E-state index contributed by atoms with van der Waals surface area (Å²) in [6.45, 7) is 2.86. The normalized spacial score (nSPS) is 12.0. The minimum atomic E-state index is -4.25. The second kappa shape index (κ2) is 8.44. The SMILES string of the molecule is CCCn1c(I)nc2nc(-c3cnn(Cc4cccc(CC(F)(F)F)c4)c3)[nH]c2c1=O. The Morgan fingerprint density at radius 1 is 1.19 bits per heavy atom. The highest BCUT2D eigenvalue weighted by Crippen LogP contribution is 2.22. The van der Waals surface area contributed by atoms with Gasteiger partial charge in [-0.3, -0.25) is 14.0 Å². The predicted octanol–water partition coefficient (Wildman–Crippen LogP) is 4.15. The van der Waals surface area contributed by atoms with Crippen molar-refractivity contribution in [2.75, 3.05) is 0 Å². The average molecular weight is 542 g/mol. The topological polar surface area (TPSA) is 81.4 Å². The maximum absolute atomic E-state index is 12.7. The Bertz CT molecular complexity index is 1290. The number of benzene rings is 1. The van der Waals surface area contributed by atoms with Crippen LogP contribution in [0.5, 0.6) is 0 Å². The molecule has 4 rings (SSSR count). The standard InChI is InChI=1S/C20H18F3IN6O/c1-2-6-30-18(31)15-17(28-19(30)24)27-16(26-15)14-9-25-29(11-14)10-13-5-3-4-12(7-13)8-20(21,22)23/h3-5,7,9,11H,2,6,8,10H2,1H3,(H,26,27). The highest BCUT2D eigenvalue weighted by molar-refractivity contribution is 14.1. The van der Waals surface area contributed by atoms with Gasteiger partial charge in [-0.25, -0.2) is 9.97 Å². The van der Waals surface area contributed by atoms with Crippen LogP contribution in [0.15, 0.2) is 41.5 Å². The maximum Gasteiger partial charge on any atom is 0.393 e. The summed E-state index contributed by atoms with van der Waals surface area (Å²) in [5.41, 5.74) is 2.06. The molecule has 1 N–H and O–H groups in total. The molecule has 0 bridgehead atoms. The minimum absolute atomic E-state index is 0.177. The Labute approximate surface area is 188 Å². The van der Waals surface area contributed by atoms with Crippen molar-refractivity contribution in [3.63, 3.8) is 0 Å². The summed E-state index contributed by atoms with van der Waals surface area (Å²) in [6.07, 6.45) is -1.09. The Hall–Kier alpha value is -2.70. The number of fused-ring (bicyclic) bond motifs is 1.